The van der Waals surface area contributed by atoms with Gasteiger partial charge in [0.15, 0.2) is 0 Å². The molecule has 0 saturated carbocycles. The molecule has 0 spiro atoms. The molecule has 1 heterocycles. The lowest BCUT2D eigenvalue weighted by Crippen LogP contribution is -1.83. The Morgan fingerprint density at radius 3 is 3.08 bits per heavy atom. The van der Waals surface area contributed by atoms with Crippen molar-refractivity contribution in [2.24, 2.45) is 0 Å². The molecule has 1 rings (SSSR count). The summed E-state index contributed by atoms with van der Waals surface area (Å²) in [6.07, 6.45) is 5.81. The first-order valence-corrected chi connectivity index (χ1v) is 3.96. The Morgan fingerprint density at radius 2 is 2.50 bits per heavy atom. The first-order chi connectivity index (χ1) is 5.83. The summed E-state index contributed by atoms with van der Waals surface area (Å²) in [5.74, 6) is 0.966. The molecule has 0 amide bonds. The third-order valence-electron chi connectivity index (χ3n) is 1.70. The van der Waals surface area contributed by atoms with E-state index in [1.165, 1.54) is 0 Å². The van der Waals surface area contributed by atoms with E-state index < -0.39 is 0 Å². The minimum absolute atomic E-state index is 0.817. The lowest BCUT2D eigenvalue weighted by molar-refractivity contribution is -0.104. The van der Waals surface area contributed by atoms with Crippen molar-refractivity contribution >= 4 is 6.29 Å². The van der Waals surface area contributed by atoms with Gasteiger partial charge in [0, 0.05) is 6.42 Å². The van der Waals surface area contributed by atoms with Crippen LogP contribution in [-0.2, 0) is 11.2 Å². The van der Waals surface area contributed by atoms with Gasteiger partial charge in [-0.2, -0.15) is 0 Å². The van der Waals surface area contributed by atoms with Crippen LogP contribution in [0.1, 0.15) is 19.1 Å². The van der Waals surface area contributed by atoms with Gasteiger partial charge < -0.3 is 4.42 Å². The molecule has 0 atom stereocenters. The molecular formula is C10H12O2. The van der Waals surface area contributed by atoms with Crippen molar-refractivity contribution in [1.29, 1.82) is 0 Å². The number of aryl methyl sites for hydroxylation is 1. The van der Waals surface area contributed by atoms with E-state index in [0.29, 0.717) is 0 Å². The Kier molecular flexibility index (Phi) is 3.33. The maximum Gasteiger partial charge on any atom is 0.142 e. The molecule has 0 N–H and O–H groups in total. The second-order valence-electron chi connectivity index (χ2n) is 2.73. The number of allylic oxidation sites excluding steroid dienone is 2. The van der Waals surface area contributed by atoms with Gasteiger partial charge >= 0.3 is 0 Å². The van der Waals surface area contributed by atoms with E-state index in [1.54, 1.807) is 12.3 Å². The normalized spacial score (nSPS) is 11.6. The maximum atomic E-state index is 10.1. The van der Waals surface area contributed by atoms with Crippen LogP contribution in [0.3, 0.4) is 0 Å². The molecule has 1 aromatic heterocycles. The highest BCUT2D eigenvalue weighted by Gasteiger charge is 1.95. The van der Waals surface area contributed by atoms with Crippen LogP contribution < -0.4 is 0 Å². The molecule has 0 radical (unpaired) electrons. The van der Waals surface area contributed by atoms with Crippen molar-refractivity contribution in [3.8, 4) is 0 Å². The maximum absolute atomic E-state index is 10.1. The van der Waals surface area contributed by atoms with Crippen molar-refractivity contribution in [1.82, 2.24) is 0 Å². The molecule has 0 aliphatic heterocycles. The fourth-order valence-corrected chi connectivity index (χ4v) is 0.975. The summed E-state index contributed by atoms with van der Waals surface area (Å²) in [4.78, 5) is 10.1. The summed E-state index contributed by atoms with van der Waals surface area (Å²) in [6, 6.07) is 3.81. The van der Waals surface area contributed by atoms with E-state index in [0.717, 1.165) is 30.5 Å². The Morgan fingerprint density at radius 1 is 1.67 bits per heavy atom. The number of aldehydes is 1. The van der Waals surface area contributed by atoms with Crippen molar-refractivity contribution in [2.45, 2.75) is 19.8 Å². The van der Waals surface area contributed by atoms with Gasteiger partial charge in [0.25, 0.3) is 0 Å². The van der Waals surface area contributed by atoms with E-state index in [-0.39, 0.29) is 0 Å². The van der Waals surface area contributed by atoms with Gasteiger partial charge in [0.2, 0.25) is 0 Å². The molecule has 0 unspecified atom stereocenters. The molecule has 0 aliphatic rings. The smallest absolute Gasteiger partial charge is 0.142 e. The summed E-state index contributed by atoms with van der Waals surface area (Å²) in [5.41, 5.74) is 1.08. The van der Waals surface area contributed by atoms with Crippen LogP contribution in [0, 0.1) is 0 Å². The monoisotopic (exact) mass is 164 g/mol. The van der Waals surface area contributed by atoms with Crippen LogP contribution in [0.15, 0.2) is 34.5 Å². The van der Waals surface area contributed by atoms with Crippen LogP contribution >= 0.6 is 0 Å². The molecule has 0 saturated heterocycles. The minimum atomic E-state index is 0.817. The zero-order valence-electron chi connectivity index (χ0n) is 7.12. The van der Waals surface area contributed by atoms with Crippen molar-refractivity contribution in [3.63, 3.8) is 0 Å². The molecule has 0 aliphatic carbocycles. The Balaban J connectivity index is 2.36. The second kappa shape index (κ2) is 4.54. The van der Waals surface area contributed by atoms with Crippen LogP contribution in [-0.4, -0.2) is 6.29 Å². The quantitative estimate of drug-likeness (QED) is 0.505. The van der Waals surface area contributed by atoms with Crippen molar-refractivity contribution < 1.29 is 9.21 Å². The second-order valence-corrected chi connectivity index (χ2v) is 2.73. The third-order valence-corrected chi connectivity index (χ3v) is 1.70. The van der Waals surface area contributed by atoms with Crippen LogP contribution in [0.4, 0.5) is 0 Å². The number of carbonyl (C=O) groups excluding carboxylic acids is 1. The topological polar surface area (TPSA) is 30.2 Å². The van der Waals surface area contributed by atoms with Crippen LogP contribution in [0.25, 0.3) is 0 Å². The number of hydrogen-bond acceptors (Lipinski definition) is 2. The number of hydrogen-bond donors (Lipinski definition) is 0. The third kappa shape index (κ3) is 2.74. The molecule has 1 aromatic rings. The zero-order chi connectivity index (χ0) is 8.81. The van der Waals surface area contributed by atoms with Gasteiger partial charge in [-0.05, 0) is 31.6 Å². The summed E-state index contributed by atoms with van der Waals surface area (Å²) in [7, 11) is 0. The zero-order valence-corrected chi connectivity index (χ0v) is 7.12. The molecule has 0 aromatic carbocycles. The highest BCUT2D eigenvalue weighted by Crippen LogP contribution is 2.08. The van der Waals surface area contributed by atoms with Crippen LogP contribution in [0.2, 0.25) is 0 Å². The Labute approximate surface area is 71.9 Å². The Hall–Kier alpha value is -1.31. The van der Waals surface area contributed by atoms with Gasteiger partial charge in [0.05, 0.1) is 6.26 Å². The number of carbonyl (C=O) groups is 1. The number of rotatable bonds is 4. The lowest BCUT2D eigenvalue weighted by atomic mass is 10.1. The predicted molar refractivity (Wildman–Crippen MR) is 46.9 cm³/mol. The summed E-state index contributed by atoms with van der Waals surface area (Å²) >= 11 is 0. The van der Waals surface area contributed by atoms with Gasteiger partial charge in [-0.15, -0.1) is 0 Å². The molecule has 0 bridgehead atoms. The predicted octanol–water partition coefficient (Wildman–Crippen LogP) is 2.36. The molecule has 2 heteroatoms. The lowest BCUT2D eigenvalue weighted by Gasteiger charge is -1.95. The van der Waals surface area contributed by atoms with E-state index in [2.05, 4.69) is 0 Å². The fraction of sp³-hybridized carbons (Fsp3) is 0.300. The molecule has 12 heavy (non-hydrogen) atoms. The first-order valence-electron chi connectivity index (χ1n) is 3.96. The van der Waals surface area contributed by atoms with E-state index in [9.17, 15) is 4.79 Å². The van der Waals surface area contributed by atoms with E-state index >= 15 is 0 Å². The summed E-state index contributed by atoms with van der Waals surface area (Å²) < 4.78 is 5.15. The van der Waals surface area contributed by atoms with Gasteiger partial charge in [-0.3, -0.25) is 4.79 Å². The largest absolute Gasteiger partial charge is 0.469 e. The van der Waals surface area contributed by atoms with Crippen LogP contribution in [0.5, 0.6) is 0 Å². The van der Waals surface area contributed by atoms with Gasteiger partial charge in [0.1, 0.15) is 12.0 Å². The van der Waals surface area contributed by atoms with E-state index in [4.69, 9.17) is 4.42 Å². The fourth-order valence-electron chi connectivity index (χ4n) is 0.975. The molecule has 64 valence electrons. The molecule has 2 nitrogen and oxygen atoms in total. The van der Waals surface area contributed by atoms with Gasteiger partial charge in [-0.25, -0.2) is 0 Å². The first kappa shape index (κ1) is 8.78. The standard InChI is InChI=1S/C10H12O2/c1-9(6-7-11)4-5-10-3-2-8-12-10/h2-3,6-8H,4-5H2,1H3/b9-6-. The average Bonchev–Trinajstić information content (AvgIpc) is 2.53. The molecule has 0 fully saturated rings. The average molecular weight is 164 g/mol. The SMILES string of the molecule is C/C(=C/C=O)CCc1ccco1. The van der Waals surface area contributed by atoms with Crippen molar-refractivity contribution in [2.75, 3.05) is 0 Å². The summed E-state index contributed by atoms with van der Waals surface area (Å²) in [6.45, 7) is 1.94. The molecular weight excluding hydrogens is 152 g/mol. The highest BCUT2D eigenvalue weighted by molar-refractivity contribution is 5.65. The highest BCUT2D eigenvalue weighted by atomic mass is 16.3. The summed E-state index contributed by atoms with van der Waals surface area (Å²) in [5, 5.41) is 0. The number of furan rings is 1. The Bertz CT molecular complexity index is 257. The van der Waals surface area contributed by atoms with Gasteiger partial charge in [-0.1, -0.05) is 5.57 Å². The minimum Gasteiger partial charge on any atom is -0.469 e. The van der Waals surface area contributed by atoms with E-state index in [1.807, 2.05) is 19.1 Å². The van der Waals surface area contributed by atoms with Crippen molar-refractivity contribution in [3.05, 3.63) is 35.8 Å².